The van der Waals surface area contributed by atoms with Crippen LogP contribution in [0.2, 0.25) is 0 Å². The zero-order valence-electron chi connectivity index (χ0n) is 8.16. The van der Waals surface area contributed by atoms with E-state index in [9.17, 15) is 13.2 Å². The van der Waals surface area contributed by atoms with Crippen LogP contribution in [0.25, 0.3) is 6.08 Å². The first-order valence-electron chi connectivity index (χ1n) is 4.35. The van der Waals surface area contributed by atoms with Gasteiger partial charge < -0.3 is 10.5 Å². The molecular formula is C10H10F3NOS. The number of halogens is 3. The van der Waals surface area contributed by atoms with E-state index in [1.165, 1.54) is 18.2 Å². The van der Waals surface area contributed by atoms with Gasteiger partial charge in [0.25, 0.3) is 0 Å². The molecule has 0 radical (unpaired) electrons. The summed E-state index contributed by atoms with van der Waals surface area (Å²) in [4.78, 5) is 0. The fraction of sp³-hybridized carbons (Fsp3) is 0.200. The van der Waals surface area contributed by atoms with Crippen molar-refractivity contribution in [2.45, 2.75) is 6.36 Å². The van der Waals surface area contributed by atoms with Crippen molar-refractivity contribution in [1.82, 2.24) is 0 Å². The predicted molar refractivity (Wildman–Crippen MR) is 60.4 cm³/mol. The van der Waals surface area contributed by atoms with Crippen LogP contribution >= 0.6 is 12.6 Å². The smallest absolute Gasteiger partial charge is 0.404 e. The van der Waals surface area contributed by atoms with Crippen LogP contribution in [-0.2, 0) is 0 Å². The van der Waals surface area contributed by atoms with Crippen molar-refractivity contribution < 1.29 is 17.9 Å². The summed E-state index contributed by atoms with van der Waals surface area (Å²) in [6.45, 7) is 0. The fourth-order valence-electron chi connectivity index (χ4n) is 1.08. The van der Waals surface area contributed by atoms with Crippen molar-refractivity contribution in [1.29, 1.82) is 0 Å². The normalized spacial score (nSPS) is 12.0. The molecule has 88 valence electrons. The van der Waals surface area contributed by atoms with Gasteiger partial charge in [0.15, 0.2) is 5.75 Å². The lowest BCUT2D eigenvalue weighted by Gasteiger charge is -2.11. The first kappa shape index (κ1) is 12.8. The van der Waals surface area contributed by atoms with Crippen LogP contribution < -0.4 is 10.5 Å². The number of ether oxygens (including phenoxy) is 1. The zero-order valence-corrected chi connectivity index (χ0v) is 9.05. The molecule has 2 nitrogen and oxygen atoms in total. The van der Waals surface area contributed by atoms with Gasteiger partial charge in [-0.3, -0.25) is 0 Å². The number of hydrogen-bond donors (Lipinski definition) is 2. The van der Waals surface area contributed by atoms with E-state index in [1.54, 1.807) is 12.2 Å². The van der Waals surface area contributed by atoms with Crippen LogP contribution in [0.5, 0.6) is 5.75 Å². The second kappa shape index (κ2) is 5.16. The van der Waals surface area contributed by atoms with Gasteiger partial charge in [0.05, 0.1) is 5.69 Å². The summed E-state index contributed by atoms with van der Waals surface area (Å²) in [5.74, 6) is 0.149. The van der Waals surface area contributed by atoms with E-state index >= 15 is 0 Å². The zero-order chi connectivity index (χ0) is 12.2. The molecule has 2 N–H and O–H groups in total. The highest BCUT2D eigenvalue weighted by molar-refractivity contribution is 7.80. The van der Waals surface area contributed by atoms with Crippen molar-refractivity contribution in [3.05, 3.63) is 29.8 Å². The van der Waals surface area contributed by atoms with E-state index in [-0.39, 0.29) is 5.69 Å². The van der Waals surface area contributed by atoms with Gasteiger partial charge in [0, 0.05) is 5.75 Å². The average molecular weight is 249 g/mol. The molecule has 0 amide bonds. The lowest BCUT2D eigenvalue weighted by molar-refractivity contribution is -0.274. The Balaban J connectivity index is 2.87. The first-order valence-corrected chi connectivity index (χ1v) is 4.98. The third-order valence-corrected chi connectivity index (χ3v) is 1.89. The summed E-state index contributed by atoms with van der Waals surface area (Å²) in [5.41, 5.74) is 6.06. The molecule has 0 aromatic heterocycles. The highest BCUT2D eigenvalue weighted by Gasteiger charge is 2.31. The predicted octanol–water partition coefficient (Wildman–Crippen LogP) is 3.11. The monoisotopic (exact) mass is 249 g/mol. The Hall–Kier alpha value is -1.30. The summed E-state index contributed by atoms with van der Waals surface area (Å²) >= 11 is 3.96. The van der Waals surface area contributed by atoms with E-state index in [4.69, 9.17) is 5.73 Å². The lowest BCUT2D eigenvalue weighted by atomic mass is 10.2. The number of benzene rings is 1. The second-order valence-electron chi connectivity index (χ2n) is 2.93. The third kappa shape index (κ3) is 4.06. The van der Waals surface area contributed by atoms with E-state index in [0.29, 0.717) is 11.3 Å². The summed E-state index contributed by atoms with van der Waals surface area (Å²) in [6, 6.07) is 4.07. The van der Waals surface area contributed by atoms with Gasteiger partial charge in [-0.15, -0.1) is 13.2 Å². The number of thiol groups is 1. The van der Waals surface area contributed by atoms with E-state index in [2.05, 4.69) is 17.4 Å². The summed E-state index contributed by atoms with van der Waals surface area (Å²) in [7, 11) is 0. The van der Waals surface area contributed by atoms with E-state index < -0.39 is 12.1 Å². The number of hydrogen-bond acceptors (Lipinski definition) is 3. The van der Waals surface area contributed by atoms with Crippen molar-refractivity contribution in [2.75, 3.05) is 11.5 Å². The van der Waals surface area contributed by atoms with Crippen LogP contribution in [0.4, 0.5) is 18.9 Å². The highest BCUT2D eigenvalue weighted by Crippen LogP contribution is 2.29. The Morgan fingerprint density at radius 1 is 1.38 bits per heavy atom. The largest absolute Gasteiger partial charge is 0.573 e. The van der Waals surface area contributed by atoms with Gasteiger partial charge in [-0.05, 0) is 17.7 Å². The van der Waals surface area contributed by atoms with Gasteiger partial charge in [-0.2, -0.15) is 12.6 Å². The van der Waals surface area contributed by atoms with Gasteiger partial charge in [0.1, 0.15) is 0 Å². The van der Waals surface area contributed by atoms with E-state index in [0.717, 1.165) is 0 Å². The molecule has 0 unspecified atom stereocenters. The quantitative estimate of drug-likeness (QED) is 0.637. The summed E-state index contributed by atoms with van der Waals surface area (Å²) in [5, 5.41) is 0. The molecule has 1 rings (SSSR count). The minimum absolute atomic E-state index is 0.0568. The Kier molecular flexibility index (Phi) is 4.12. The molecule has 0 atom stereocenters. The summed E-state index contributed by atoms with van der Waals surface area (Å²) in [6.07, 6.45) is -1.26. The number of nitrogens with two attached hydrogens (primary N) is 1. The standard InChI is InChI=1S/C10H10F3NOS/c11-10(12,13)15-9-4-3-7(2-1-5-16)6-8(9)14/h1-4,6,16H,5,14H2. The molecule has 0 spiro atoms. The van der Waals surface area contributed by atoms with Gasteiger partial charge >= 0.3 is 6.36 Å². The second-order valence-corrected chi connectivity index (χ2v) is 3.30. The molecule has 0 saturated heterocycles. The molecular weight excluding hydrogens is 239 g/mol. The molecule has 0 aliphatic rings. The molecule has 0 fully saturated rings. The average Bonchev–Trinajstić information content (AvgIpc) is 2.17. The molecule has 0 bridgehead atoms. The Morgan fingerprint density at radius 3 is 2.56 bits per heavy atom. The van der Waals surface area contributed by atoms with Gasteiger partial charge in [-0.25, -0.2) is 0 Å². The summed E-state index contributed by atoms with van der Waals surface area (Å²) < 4.78 is 39.5. The number of alkyl halides is 3. The molecule has 16 heavy (non-hydrogen) atoms. The van der Waals surface area contributed by atoms with Gasteiger partial charge in [0.2, 0.25) is 0 Å². The minimum atomic E-state index is -4.73. The first-order chi connectivity index (χ1) is 7.42. The maximum atomic E-state index is 11.9. The van der Waals surface area contributed by atoms with Crippen LogP contribution in [0.3, 0.4) is 0 Å². The molecule has 1 aromatic carbocycles. The molecule has 0 aliphatic carbocycles. The SMILES string of the molecule is Nc1cc(C=CCS)ccc1OC(F)(F)F. The Labute approximate surface area is 96.3 Å². The molecule has 0 heterocycles. The Bertz CT molecular complexity index is 390. The maximum Gasteiger partial charge on any atom is 0.573 e. The maximum absolute atomic E-state index is 11.9. The number of anilines is 1. The van der Waals surface area contributed by atoms with Crippen molar-refractivity contribution >= 4 is 24.4 Å². The molecule has 6 heteroatoms. The minimum Gasteiger partial charge on any atom is -0.404 e. The fourth-order valence-corrected chi connectivity index (χ4v) is 1.18. The van der Waals surface area contributed by atoms with Gasteiger partial charge in [-0.1, -0.05) is 18.2 Å². The number of nitrogen functional groups attached to an aromatic ring is 1. The van der Waals surface area contributed by atoms with Crippen LogP contribution in [0.1, 0.15) is 5.56 Å². The number of rotatable bonds is 3. The lowest BCUT2D eigenvalue weighted by Crippen LogP contribution is -2.18. The molecule has 0 aliphatic heterocycles. The van der Waals surface area contributed by atoms with Crippen molar-refractivity contribution in [3.8, 4) is 5.75 Å². The van der Waals surface area contributed by atoms with E-state index in [1.807, 2.05) is 0 Å². The molecule has 0 saturated carbocycles. The highest BCUT2D eigenvalue weighted by atomic mass is 32.1. The Morgan fingerprint density at radius 2 is 2.06 bits per heavy atom. The van der Waals surface area contributed by atoms with Crippen molar-refractivity contribution in [3.63, 3.8) is 0 Å². The van der Waals surface area contributed by atoms with Crippen LogP contribution in [0.15, 0.2) is 24.3 Å². The van der Waals surface area contributed by atoms with Crippen molar-refractivity contribution in [2.24, 2.45) is 0 Å². The van der Waals surface area contributed by atoms with Crippen LogP contribution in [0, 0.1) is 0 Å². The topological polar surface area (TPSA) is 35.2 Å². The molecule has 1 aromatic rings. The van der Waals surface area contributed by atoms with Crippen LogP contribution in [-0.4, -0.2) is 12.1 Å². The third-order valence-electron chi connectivity index (χ3n) is 1.68.